The Morgan fingerprint density at radius 3 is 2.06 bits per heavy atom. The average Bonchev–Trinajstić information content (AvgIpc) is 2.47. The predicted molar refractivity (Wildman–Crippen MR) is 76.7 cm³/mol. The van der Waals surface area contributed by atoms with Gasteiger partial charge in [-0.25, -0.2) is 8.57 Å². The molecule has 0 saturated carbocycles. The van der Waals surface area contributed by atoms with Gasteiger partial charge < -0.3 is 0 Å². The Bertz CT molecular complexity index is 639. The molecule has 2 aromatic carbocycles. The van der Waals surface area contributed by atoms with Gasteiger partial charge in [0, 0.05) is 12.5 Å². The lowest BCUT2D eigenvalue weighted by molar-refractivity contribution is 0.682. The Kier molecular flexibility index (Phi) is 3.95. The van der Waals surface area contributed by atoms with Crippen LogP contribution in [-0.4, -0.2) is 11.3 Å². The first-order valence-corrected chi connectivity index (χ1v) is 7.26. The summed E-state index contributed by atoms with van der Waals surface area (Å²) in [5.41, 5.74) is 1.02. The summed E-state index contributed by atoms with van der Waals surface area (Å²) in [6, 6.07) is 19.1. The lowest BCUT2D eigenvalue weighted by Crippen LogP contribution is -1.95. The van der Waals surface area contributed by atoms with E-state index in [1.54, 1.807) is 12.5 Å². The summed E-state index contributed by atoms with van der Waals surface area (Å²) in [4.78, 5) is 0.736. The average molecular weight is 257 g/mol. The van der Waals surface area contributed by atoms with Gasteiger partial charge in [-0.05, 0) is 23.8 Å². The molecular weight excluding hydrogens is 242 g/mol. The SMILES string of the molecule is CN=[S@](=O)(/C=C/c1ccccc1)c1ccccc1. The number of hydrogen-bond donors (Lipinski definition) is 0. The molecule has 3 heteroatoms. The van der Waals surface area contributed by atoms with Crippen molar-refractivity contribution in [2.45, 2.75) is 4.90 Å². The third-order valence-electron chi connectivity index (χ3n) is 2.60. The monoisotopic (exact) mass is 257 g/mol. The van der Waals surface area contributed by atoms with Crippen LogP contribution < -0.4 is 0 Å². The molecule has 0 spiro atoms. The standard InChI is InChI=1S/C15H15NOS/c1-16-18(17,15-10-6-3-7-11-15)13-12-14-8-4-2-5-9-14/h2-13H,1H3/b13-12+/t18-/m0/s1. The van der Waals surface area contributed by atoms with Crippen molar-refractivity contribution in [3.63, 3.8) is 0 Å². The molecule has 18 heavy (non-hydrogen) atoms. The van der Waals surface area contributed by atoms with E-state index in [-0.39, 0.29) is 0 Å². The van der Waals surface area contributed by atoms with Crippen molar-refractivity contribution < 1.29 is 4.21 Å². The van der Waals surface area contributed by atoms with Gasteiger partial charge in [-0.15, -0.1) is 0 Å². The minimum atomic E-state index is -2.46. The first kappa shape index (κ1) is 12.6. The molecule has 0 saturated heterocycles. The van der Waals surface area contributed by atoms with Gasteiger partial charge in [0.2, 0.25) is 0 Å². The van der Waals surface area contributed by atoms with Crippen molar-refractivity contribution in [1.29, 1.82) is 0 Å². The van der Waals surface area contributed by atoms with E-state index in [4.69, 9.17) is 0 Å². The van der Waals surface area contributed by atoms with Crippen molar-refractivity contribution in [3.8, 4) is 0 Å². The molecule has 92 valence electrons. The number of hydrogen-bond acceptors (Lipinski definition) is 2. The van der Waals surface area contributed by atoms with Crippen LogP contribution in [0.25, 0.3) is 6.08 Å². The van der Waals surface area contributed by atoms with E-state index >= 15 is 0 Å². The van der Waals surface area contributed by atoms with Gasteiger partial charge in [-0.1, -0.05) is 48.5 Å². The van der Waals surface area contributed by atoms with Gasteiger partial charge >= 0.3 is 0 Å². The van der Waals surface area contributed by atoms with Gasteiger partial charge in [0.1, 0.15) is 0 Å². The molecule has 0 unspecified atom stereocenters. The molecule has 0 N–H and O–H groups in total. The molecule has 0 aliphatic carbocycles. The summed E-state index contributed by atoms with van der Waals surface area (Å²) in [7, 11) is -0.871. The molecule has 2 nitrogen and oxygen atoms in total. The van der Waals surface area contributed by atoms with Crippen molar-refractivity contribution in [2.75, 3.05) is 7.05 Å². The molecule has 0 amide bonds. The summed E-state index contributed by atoms with van der Waals surface area (Å²) in [6.07, 6.45) is 1.85. The van der Waals surface area contributed by atoms with Crippen molar-refractivity contribution in [3.05, 3.63) is 71.6 Å². The second kappa shape index (κ2) is 5.65. The van der Waals surface area contributed by atoms with E-state index < -0.39 is 9.73 Å². The number of rotatable bonds is 3. The molecule has 0 aliphatic rings. The Labute approximate surface area is 108 Å². The summed E-state index contributed by atoms with van der Waals surface area (Å²) in [6.45, 7) is 0. The van der Waals surface area contributed by atoms with Crippen LogP contribution in [0.2, 0.25) is 0 Å². The van der Waals surface area contributed by atoms with Crippen LogP contribution in [0.15, 0.2) is 75.3 Å². The van der Waals surface area contributed by atoms with E-state index in [0.717, 1.165) is 10.5 Å². The molecule has 0 bridgehead atoms. The van der Waals surface area contributed by atoms with Gasteiger partial charge in [0.15, 0.2) is 0 Å². The predicted octanol–water partition coefficient (Wildman–Crippen LogP) is 3.81. The van der Waals surface area contributed by atoms with Gasteiger partial charge in [-0.3, -0.25) is 0 Å². The summed E-state index contributed by atoms with van der Waals surface area (Å²) in [5, 5.41) is 1.68. The highest BCUT2D eigenvalue weighted by Crippen LogP contribution is 2.16. The normalized spacial score (nSPS) is 14.3. The molecule has 2 rings (SSSR count). The van der Waals surface area contributed by atoms with Gasteiger partial charge in [0.25, 0.3) is 0 Å². The highest BCUT2D eigenvalue weighted by Gasteiger charge is 2.06. The van der Waals surface area contributed by atoms with E-state index in [1.165, 1.54) is 0 Å². The van der Waals surface area contributed by atoms with Crippen LogP contribution in [0.1, 0.15) is 5.56 Å². The van der Waals surface area contributed by atoms with Crippen LogP contribution >= 0.6 is 0 Å². The van der Waals surface area contributed by atoms with Crippen molar-refractivity contribution in [2.24, 2.45) is 4.36 Å². The zero-order valence-electron chi connectivity index (χ0n) is 10.2. The van der Waals surface area contributed by atoms with Crippen LogP contribution in [0, 0.1) is 0 Å². The largest absolute Gasteiger partial charge is 0.240 e. The molecular formula is C15H15NOS. The first-order valence-electron chi connectivity index (χ1n) is 5.68. The van der Waals surface area contributed by atoms with Crippen LogP contribution in [0.5, 0.6) is 0 Å². The van der Waals surface area contributed by atoms with Crippen molar-refractivity contribution in [1.82, 2.24) is 0 Å². The van der Waals surface area contributed by atoms with Crippen LogP contribution in [0.4, 0.5) is 0 Å². The van der Waals surface area contributed by atoms with Crippen LogP contribution in [-0.2, 0) is 9.73 Å². The Morgan fingerprint density at radius 1 is 0.944 bits per heavy atom. The molecule has 1 atom stereocenters. The molecule has 0 fully saturated rings. The molecule has 0 aromatic heterocycles. The van der Waals surface area contributed by atoms with Crippen molar-refractivity contribution >= 4 is 15.8 Å². The second-order valence-electron chi connectivity index (χ2n) is 3.78. The number of nitrogens with zero attached hydrogens (tertiary/aromatic N) is 1. The lowest BCUT2D eigenvalue weighted by Gasteiger charge is -2.03. The van der Waals surface area contributed by atoms with E-state index in [2.05, 4.69) is 4.36 Å². The minimum Gasteiger partial charge on any atom is -0.240 e. The van der Waals surface area contributed by atoms with Crippen LogP contribution in [0.3, 0.4) is 0 Å². The van der Waals surface area contributed by atoms with Gasteiger partial charge in [0.05, 0.1) is 14.6 Å². The third kappa shape index (κ3) is 2.87. The van der Waals surface area contributed by atoms with Gasteiger partial charge in [-0.2, -0.15) is 0 Å². The molecule has 0 heterocycles. The summed E-state index contributed by atoms with van der Waals surface area (Å²) >= 11 is 0. The summed E-state index contributed by atoms with van der Waals surface area (Å²) in [5.74, 6) is 0. The molecule has 2 aromatic rings. The fraction of sp³-hybridized carbons (Fsp3) is 0.0667. The topological polar surface area (TPSA) is 29.4 Å². The van der Waals surface area contributed by atoms with E-state index in [9.17, 15) is 4.21 Å². The highest BCUT2D eigenvalue weighted by atomic mass is 32.2. The second-order valence-corrected chi connectivity index (χ2v) is 6.02. The highest BCUT2D eigenvalue weighted by molar-refractivity contribution is 7.96. The smallest absolute Gasteiger partial charge is 0.0966 e. The first-order chi connectivity index (χ1) is 8.74. The zero-order chi connectivity index (χ0) is 12.8. The maximum Gasteiger partial charge on any atom is 0.0966 e. The maximum atomic E-state index is 12.7. The quantitative estimate of drug-likeness (QED) is 0.822. The fourth-order valence-electron chi connectivity index (χ4n) is 1.60. The number of benzene rings is 2. The Balaban J connectivity index is 2.37. The Hall–Kier alpha value is -1.87. The molecule has 0 aliphatic heterocycles. The summed E-state index contributed by atoms with van der Waals surface area (Å²) < 4.78 is 16.7. The van der Waals surface area contributed by atoms with E-state index in [0.29, 0.717) is 0 Å². The maximum absolute atomic E-state index is 12.7. The zero-order valence-corrected chi connectivity index (χ0v) is 11.0. The van der Waals surface area contributed by atoms with E-state index in [1.807, 2.05) is 66.7 Å². The minimum absolute atomic E-state index is 0.736. The Morgan fingerprint density at radius 2 is 1.50 bits per heavy atom. The third-order valence-corrected chi connectivity index (χ3v) is 4.59. The fourth-order valence-corrected chi connectivity index (χ4v) is 2.97. The lowest BCUT2D eigenvalue weighted by atomic mass is 10.2. The molecule has 0 radical (unpaired) electrons.